The van der Waals surface area contributed by atoms with Crippen LogP contribution in [0.2, 0.25) is 0 Å². The molecule has 32 heavy (non-hydrogen) atoms. The van der Waals surface area contributed by atoms with E-state index in [0.717, 1.165) is 59.7 Å². The van der Waals surface area contributed by atoms with E-state index < -0.39 is 0 Å². The lowest BCUT2D eigenvalue weighted by atomic mass is 10.1. The van der Waals surface area contributed by atoms with Crippen molar-refractivity contribution in [3.63, 3.8) is 0 Å². The topological polar surface area (TPSA) is 79.2 Å². The molecule has 0 saturated carbocycles. The van der Waals surface area contributed by atoms with Gasteiger partial charge in [-0.2, -0.15) is 10.2 Å². The maximum atomic E-state index is 12.6. The van der Waals surface area contributed by atoms with Crippen molar-refractivity contribution in [1.82, 2.24) is 30.2 Å². The zero-order valence-corrected chi connectivity index (χ0v) is 19.7. The van der Waals surface area contributed by atoms with Crippen molar-refractivity contribution >= 4 is 22.6 Å². The second-order valence-electron chi connectivity index (χ2n) is 9.04. The van der Waals surface area contributed by atoms with Crippen molar-refractivity contribution in [2.24, 2.45) is 5.92 Å². The largest absolute Gasteiger partial charge is 0.356 e. The van der Waals surface area contributed by atoms with Crippen LogP contribution in [-0.2, 0) is 4.79 Å². The van der Waals surface area contributed by atoms with Gasteiger partial charge in [-0.25, -0.2) is 4.68 Å². The molecule has 1 aliphatic heterocycles. The standard InChI is InChI=1S/C24H33N7O/c1-16-7-9-20(10-8-16)31-18(3)21-17(2)26-27-23(22(21)28-31)30-14-11-19(15-30)24(32)25-12-6-13-29(4)5/h7-10,19H,6,11-15H2,1-5H3,(H,25,32)/t19-/m1/s1. The molecule has 1 aliphatic rings. The lowest BCUT2D eigenvalue weighted by Gasteiger charge is -2.17. The Labute approximate surface area is 189 Å². The smallest absolute Gasteiger partial charge is 0.224 e. The first kappa shape index (κ1) is 22.2. The highest BCUT2D eigenvalue weighted by atomic mass is 16.1. The summed E-state index contributed by atoms with van der Waals surface area (Å²) in [4.78, 5) is 16.9. The van der Waals surface area contributed by atoms with Crippen molar-refractivity contribution in [1.29, 1.82) is 0 Å². The molecule has 1 N–H and O–H groups in total. The zero-order valence-electron chi connectivity index (χ0n) is 19.7. The second-order valence-corrected chi connectivity index (χ2v) is 9.04. The predicted molar refractivity (Wildman–Crippen MR) is 127 cm³/mol. The van der Waals surface area contributed by atoms with Gasteiger partial charge in [0.15, 0.2) is 5.82 Å². The van der Waals surface area contributed by atoms with Crippen molar-refractivity contribution in [2.75, 3.05) is 45.2 Å². The Hall–Kier alpha value is -3.00. The minimum atomic E-state index is -0.0345. The minimum Gasteiger partial charge on any atom is -0.356 e. The van der Waals surface area contributed by atoms with E-state index >= 15 is 0 Å². The molecular formula is C24H33N7O. The highest BCUT2D eigenvalue weighted by Crippen LogP contribution is 2.32. The van der Waals surface area contributed by atoms with Crippen molar-refractivity contribution in [3.05, 3.63) is 41.2 Å². The maximum Gasteiger partial charge on any atom is 0.224 e. The molecule has 2 aromatic heterocycles. The van der Waals surface area contributed by atoms with Crippen molar-refractivity contribution in [2.45, 2.75) is 33.6 Å². The molecule has 0 aliphatic carbocycles. The molecule has 0 spiro atoms. The molecule has 8 heteroatoms. The first-order valence-corrected chi connectivity index (χ1v) is 11.3. The van der Waals surface area contributed by atoms with Crippen LogP contribution in [0.4, 0.5) is 5.82 Å². The summed E-state index contributed by atoms with van der Waals surface area (Å²) in [5.41, 5.74) is 5.00. The average Bonchev–Trinajstić information content (AvgIpc) is 3.38. The average molecular weight is 436 g/mol. The summed E-state index contributed by atoms with van der Waals surface area (Å²) < 4.78 is 1.97. The number of nitrogens with zero attached hydrogens (tertiary/aromatic N) is 6. The number of amides is 1. The van der Waals surface area contributed by atoms with E-state index in [4.69, 9.17) is 5.10 Å². The van der Waals surface area contributed by atoms with E-state index in [-0.39, 0.29) is 11.8 Å². The van der Waals surface area contributed by atoms with Gasteiger partial charge in [0.05, 0.1) is 28.4 Å². The highest BCUT2D eigenvalue weighted by Gasteiger charge is 2.31. The van der Waals surface area contributed by atoms with Crippen molar-refractivity contribution < 1.29 is 4.79 Å². The SMILES string of the molecule is Cc1ccc(-n2nc3c(N4CC[C@@H](C(=O)NCCCN(C)C)C4)nnc(C)c3c2C)cc1. The molecule has 0 radical (unpaired) electrons. The van der Waals surface area contributed by atoms with E-state index in [0.29, 0.717) is 13.1 Å². The first-order chi connectivity index (χ1) is 15.3. The third-order valence-electron chi connectivity index (χ3n) is 6.20. The molecule has 0 bridgehead atoms. The van der Waals surface area contributed by atoms with Crippen LogP contribution in [0.1, 0.15) is 29.8 Å². The number of aromatic nitrogens is 4. The zero-order chi connectivity index (χ0) is 22.8. The van der Waals surface area contributed by atoms with Gasteiger partial charge in [-0.05, 0) is 66.4 Å². The van der Waals surface area contributed by atoms with E-state index in [1.807, 2.05) is 25.7 Å². The van der Waals surface area contributed by atoms with Crippen LogP contribution in [0.3, 0.4) is 0 Å². The van der Waals surface area contributed by atoms with Gasteiger partial charge in [-0.15, -0.1) is 5.10 Å². The van der Waals surface area contributed by atoms with Crippen LogP contribution < -0.4 is 10.2 Å². The number of aryl methyl sites for hydroxylation is 3. The van der Waals surface area contributed by atoms with Crippen LogP contribution in [0, 0.1) is 26.7 Å². The lowest BCUT2D eigenvalue weighted by Crippen LogP contribution is -2.34. The van der Waals surface area contributed by atoms with E-state index in [1.165, 1.54) is 5.56 Å². The summed E-state index contributed by atoms with van der Waals surface area (Å²) in [7, 11) is 4.09. The van der Waals surface area contributed by atoms with Gasteiger partial charge >= 0.3 is 0 Å². The molecule has 1 atom stereocenters. The van der Waals surface area contributed by atoms with Crippen LogP contribution in [-0.4, -0.2) is 71.1 Å². The monoisotopic (exact) mass is 435 g/mol. The van der Waals surface area contributed by atoms with Crippen LogP contribution >= 0.6 is 0 Å². The lowest BCUT2D eigenvalue weighted by molar-refractivity contribution is -0.124. The fourth-order valence-corrected chi connectivity index (χ4v) is 4.38. The molecular weight excluding hydrogens is 402 g/mol. The number of fused-ring (bicyclic) bond motifs is 1. The number of benzene rings is 1. The highest BCUT2D eigenvalue weighted by molar-refractivity contribution is 5.93. The van der Waals surface area contributed by atoms with Gasteiger partial charge < -0.3 is 15.1 Å². The fraction of sp³-hybridized carbons (Fsp3) is 0.500. The molecule has 8 nitrogen and oxygen atoms in total. The summed E-state index contributed by atoms with van der Waals surface area (Å²) in [5.74, 6) is 0.860. The third kappa shape index (κ3) is 4.46. The van der Waals surface area contributed by atoms with Gasteiger partial charge in [-0.1, -0.05) is 17.7 Å². The van der Waals surface area contributed by atoms with E-state index in [1.54, 1.807) is 0 Å². The van der Waals surface area contributed by atoms with Crippen LogP contribution in [0.15, 0.2) is 24.3 Å². The maximum absolute atomic E-state index is 12.6. The molecule has 0 unspecified atom stereocenters. The molecule has 3 heterocycles. The molecule has 1 saturated heterocycles. The van der Waals surface area contributed by atoms with Gasteiger partial charge in [0.1, 0.15) is 5.52 Å². The number of carbonyl (C=O) groups is 1. The Balaban J connectivity index is 1.55. The number of hydrogen-bond acceptors (Lipinski definition) is 6. The molecule has 170 valence electrons. The molecule has 1 fully saturated rings. The number of hydrogen-bond donors (Lipinski definition) is 1. The Kier molecular flexibility index (Phi) is 6.41. The Bertz CT molecular complexity index is 1100. The van der Waals surface area contributed by atoms with Gasteiger partial charge in [0.25, 0.3) is 0 Å². The summed E-state index contributed by atoms with van der Waals surface area (Å²) in [5, 5.41) is 18.0. The summed E-state index contributed by atoms with van der Waals surface area (Å²) >= 11 is 0. The normalized spacial score (nSPS) is 16.3. The Morgan fingerprint density at radius 2 is 1.91 bits per heavy atom. The van der Waals surface area contributed by atoms with Crippen LogP contribution in [0.25, 0.3) is 16.6 Å². The number of rotatable bonds is 7. The van der Waals surface area contributed by atoms with Gasteiger partial charge in [0, 0.05) is 19.6 Å². The third-order valence-corrected chi connectivity index (χ3v) is 6.20. The summed E-state index contributed by atoms with van der Waals surface area (Å²) in [6, 6.07) is 8.34. The first-order valence-electron chi connectivity index (χ1n) is 11.3. The fourth-order valence-electron chi connectivity index (χ4n) is 4.38. The van der Waals surface area contributed by atoms with E-state index in [9.17, 15) is 4.79 Å². The minimum absolute atomic E-state index is 0.0345. The van der Waals surface area contributed by atoms with Gasteiger partial charge in [-0.3, -0.25) is 4.79 Å². The quantitative estimate of drug-likeness (QED) is 0.575. The van der Waals surface area contributed by atoms with Crippen molar-refractivity contribution in [3.8, 4) is 5.69 Å². The number of carbonyl (C=O) groups excluding carboxylic acids is 1. The molecule has 1 aromatic carbocycles. The summed E-state index contributed by atoms with van der Waals surface area (Å²) in [6.07, 6.45) is 1.77. The second kappa shape index (κ2) is 9.24. The predicted octanol–water partition coefficient (Wildman–Crippen LogP) is 2.63. The Morgan fingerprint density at radius 1 is 1.16 bits per heavy atom. The van der Waals surface area contributed by atoms with E-state index in [2.05, 4.69) is 63.4 Å². The van der Waals surface area contributed by atoms with Gasteiger partial charge in [0.2, 0.25) is 5.91 Å². The van der Waals surface area contributed by atoms with Crippen LogP contribution in [0.5, 0.6) is 0 Å². The molecule has 4 rings (SSSR count). The summed E-state index contributed by atoms with van der Waals surface area (Å²) in [6.45, 7) is 9.22. The number of anilines is 1. The molecule has 1 amide bonds. The Morgan fingerprint density at radius 3 is 2.62 bits per heavy atom. The molecule has 3 aromatic rings. The number of nitrogens with one attached hydrogen (secondary N) is 1.